The number of nitriles is 1. The van der Waals surface area contributed by atoms with E-state index in [1.807, 2.05) is 4.90 Å². The number of hydrogen-bond acceptors (Lipinski definition) is 5. The number of amides is 2. The quantitative estimate of drug-likeness (QED) is 0.540. The molecule has 0 aromatic rings. The molecular formula is C30H50N4O3. The van der Waals surface area contributed by atoms with Gasteiger partial charge in [0, 0.05) is 44.6 Å². The molecule has 2 saturated carbocycles. The van der Waals surface area contributed by atoms with Gasteiger partial charge >= 0.3 is 0 Å². The zero-order valence-electron chi connectivity index (χ0n) is 23.6. The Hall–Kier alpha value is -1.65. The second kappa shape index (κ2) is 12.5. The van der Waals surface area contributed by atoms with Crippen LogP contribution in [-0.2, 0) is 14.3 Å². The van der Waals surface area contributed by atoms with Gasteiger partial charge in [-0.05, 0) is 55.8 Å². The van der Waals surface area contributed by atoms with Gasteiger partial charge in [0.25, 0.3) is 0 Å². The lowest BCUT2D eigenvalue weighted by Gasteiger charge is -2.40. The van der Waals surface area contributed by atoms with Crippen LogP contribution in [0.15, 0.2) is 0 Å². The third kappa shape index (κ3) is 7.47. The Morgan fingerprint density at radius 1 is 1.03 bits per heavy atom. The Labute approximate surface area is 224 Å². The van der Waals surface area contributed by atoms with Gasteiger partial charge in [0.05, 0.1) is 19.3 Å². The minimum Gasteiger partial charge on any atom is -0.378 e. The molecule has 2 amide bonds. The van der Waals surface area contributed by atoms with E-state index in [-0.39, 0.29) is 24.2 Å². The monoisotopic (exact) mass is 514 g/mol. The van der Waals surface area contributed by atoms with Crippen LogP contribution in [0.2, 0.25) is 0 Å². The van der Waals surface area contributed by atoms with Crippen molar-refractivity contribution in [3.8, 4) is 6.07 Å². The zero-order chi connectivity index (χ0) is 26.5. The molecule has 4 rings (SSSR count). The molecule has 4 aliphatic rings. The molecule has 0 unspecified atom stereocenters. The predicted octanol–water partition coefficient (Wildman–Crippen LogP) is 4.51. The van der Waals surface area contributed by atoms with E-state index in [2.05, 4.69) is 37.1 Å². The van der Waals surface area contributed by atoms with Crippen molar-refractivity contribution in [2.24, 2.45) is 23.2 Å². The fourth-order valence-electron chi connectivity index (χ4n) is 7.28. The van der Waals surface area contributed by atoms with Crippen molar-refractivity contribution in [2.75, 3.05) is 39.4 Å². The van der Waals surface area contributed by atoms with E-state index in [4.69, 9.17) is 4.74 Å². The number of ether oxygens (including phenoxy) is 1. The lowest BCUT2D eigenvalue weighted by molar-refractivity contribution is -0.140. The van der Waals surface area contributed by atoms with Crippen LogP contribution >= 0.6 is 0 Å². The number of likely N-dealkylation sites (tertiary alicyclic amines) is 1. The van der Waals surface area contributed by atoms with Gasteiger partial charge in [0.1, 0.15) is 5.54 Å². The van der Waals surface area contributed by atoms with E-state index < -0.39 is 5.54 Å². The SMILES string of the molecule is CC(C)(C)C1CCC(N2CC[C@@](C#N)(NC(=O)[C@@H](CC(=O)N3CCOCC3)CC3CCCCC3)C2)CC1. The van der Waals surface area contributed by atoms with Crippen molar-refractivity contribution in [2.45, 2.75) is 109 Å². The normalized spacial score (nSPS) is 31.0. The first-order valence-electron chi connectivity index (χ1n) is 15.0. The molecule has 208 valence electrons. The minimum atomic E-state index is -0.842. The number of nitrogens with one attached hydrogen (secondary N) is 1. The minimum absolute atomic E-state index is 0.0499. The molecule has 4 fully saturated rings. The lowest BCUT2D eigenvalue weighted by atomic mass is 9.71. The summed E-state index contributed by atoms with van der Waals surface area (Å²) in [6.07, 6.45) is 12.5. The molecule has 0 aromatic heterocycles. The van der Waals surface area contributed by atoms with Crippen LogP contribution in [0, 0.1) is 34.5 Å². The van der Waals surface area contributed by atoms with Crippen LogP contribution in [-0.4, -0.2) is 72.6 Å². The van der Waals surface area contributed by atoms with E-state index in [0.717, 1.165) is 31.7 Å². The van der Waals surface area contributed by atoms with Crippen LogP contribution in [0.1, 0.15) is 97.8 Å². The van der Waals surface area contributed by atoms with Gasteiger partial charge in [-0.1, -0.05) is 52.9 Å². The lowest BCUT2D eigenvalue weighted by Crippen LogP contribution is -2.53. The maximum absolute atomic E-state index is 13.7. The summed E-state index contributed by atoms with van der Waals surface area (Å²) in [5.41, 5.74) is -0.489. The van der Waals surface area contributed by atoms with Crippen molar-refractivity contribution in [3.63, 3.8) is 0 Å². The molecule has 2 atom stereocenters. The maximum atomic E-state index is 13.7. The van der Waals surface area contributed by atoms with Crippen LogP contribution in [0.25, 0.3) is 0 Å². The summed E-state index contributed by atoms with van der Waals surface area (Å²) in [5, 5.41) is 13.4. The average molecular weight is 515 g/mol. The molecule has 2 aliphatic carbocycles. The maximum Gasteiger partial charge on any atom is 0.224 e. The molecule has 7 nitrogen and oxygen atoms in total. The highest BCUT2D eigenvalue weighted by atomic mass is 16.5. The van der Waals surface area contributed by atoms with Crippen LogP contribution in [0.5, 0.6) is 0 Å². The van der Waals surface area contributed by atoms with Crippen LogP contribution in [0.3, 0.4) is 0 Å². The molecule has 7 heteroatoms. The van der Waals surface area contributed by atoms with Gasteiger partial charge in [-0.15, -0.1) is 0 Å². The molecule has 0 spiro atoms. The number of morpholine rings is 1. The molecule has 2 heterocycles. The molecule has 0 aromatic carbocycles. The molecule has 0 bridgehead atoms. The summed E-state index contributed by atoms with van der Waals surface area (Å²) in [7, 11) is 0. The summed E-state index contributed by atoms with van der Waals surface area (Å²) in [6, 6.07) is 3.01. The number of carbonyl (C=O) groups excluding carboxylic acids is 2. The van der Waals surface area contributed by atoms with Gasteiger partial charge in [-0.25, -0.2) is 0 Å². The largest absolute Gasteiger partial charge is 0.378 e. The van der Waals surface area contributed by atoms with E-state index in [0.29, 0.717) is 56.6 Å². The first kappa shape index (κ1) is 28.4. The van der Waals surface area contributed by atoms with Gasteiger partial charge < -0.3 is 15.0 Å². The summed E-state index contributed by atoms with van der Waals surface area (Å²) >= 11 is 0. The highest BCUT2D eigenvalue weighted by Crippen LogP contribution is 2.40. The van der Waals surface area contributed by atoms with Crippen molar-refractivity contribution in [1.82, 2.24) is 15.1 Å². The first-order chi connectivity index (χ1) is 17.7. The molecule has 1 N–H and O–H groups in total. The second-order valence-electron chi connectivity index (χ2n) is 13.4. The fraction of sp³-hybridized carbons (Fsp3) is 0.900. The third-order valence-corrected chi connectivity index (χ3v) is 9.81. The van der Waals surface area contributed by atoms with Gasteiger partial charge in [0.15, 0.2) is 0 Å². The van der Waals surface area contributed by atoms with Crippen molar-refractivity contribution < 1.29 is 14.3 Å². The molecule has 2 saturated heterocycles. The van der Waals surface area contributed by atoms with Crippen LogP contribution < -0.4 is 5.32 Å². The summed E-state index contributed by atoms with van der Waals surface area (Å²) in [5.74, 6) is 0.857. The third-order valence-electron chi connectivity index (χ3n) is 9.81. The number of rotatable bonds is 7. The first-order valence-corrected chi connectivity index (χ1v) is 15.0. The van der Waals surface area contributed by atoms with Crippen molar-refractivity contribution in [3.05, 3.63) is 0 Å². The second-order valence-corrected chi connectivity index (χ2v) is 13.4. The average Bonchev–Trinajstić information content (AvgIpc) is 3.33. The van der Waals surface area contributed by atoms with E-state index >= 15 is 0 Å². The zero-order valence-corrected chi connectivity index (χ0v) is 23.6. The Bertz CT molecular complexity index is 814. The summed E-state index contributed by atoms with van der Waals surface area (Å²) < 4.78 is 5.41. The van der Waals surface area contributed by atoms with Crippen molar-refractivity contribution >= 4 is 11.8 Å². The smallest absolute Gasteiger partial charge is 0.224 e. The van der Waals surface area contributed by atoms with Gasteiger partial charge in [-0.2, -0.15) is 5.26 Å². The number of hydrogen-bond donors (Lipinski definition) is 1. The fourth-order valence-corrected chi connectivity index (χ4v) is 7.28. The Morgan fingerprint density at radius 2 is 1.70 bits per heavy atom. The molecular weight excluding hydrogens is 464 g/mol. The number of nitrogens with zero attached hydrogens (tertiary/aromatic N) is 3. The predicted molar refractivity (Wildman–Crippen MR) is 145 cm³/mol. The Morgan fingerprint density at radius 3 is 2.32 bits per heavy atom. The molecule has 2 aliphatic heterocycles. The Balaban J connectivity index is 1.37. The van der Waals surface area contributed by atoms with Crippen LogP contribution in [0.4, 0.5) is 0 Å². The summed E-state index contributed by atoms with van der Waals surface area (Å²) in [6.45, 7) is 10.8. The standard InChI is InChI=1S/C30H50N4O3/c1-29(2,3)25-9-11-26(12-10-25)34-14-13-30(21-31,22-34)32-28(36)24(19-23-7-5-4-6-8-23)20-27(35)33-15-17-37-18-16-33/h23-26H,4-20,22H2,1-3H3,(H,32,36)/t24-,25?,26?,30+/m1/s1. The topological polar surface area (TPSA) is 85.7 Å². The Kier molecular flexibility index (Phi) is 9.56. The van der Waals surface area contributed by atoms with Gasteiger partial charge in [-0.3, -0.25) is 14.5 Å². The summed E-state index contributed by atoms with van der Waals surface area (Å²) in [4.78, 5) is 31.1. The number of carbonyl (C=O) groups is 2. The van der Waals surface area contributed by atoms with Gasteiger partial charge in [0.2, 0.25) is 11.8 Å². The highest BCUT2D eigenvalue weighted by Gasteiger charge is 2.44. The van der Waals surface area contributed by atoms with E-state index in [1.54, 1.807) is 0 Å². The molecule has 0 radical (unpaired) electrons. The highest BCUT2D eigenvalue weighted by molar-refractivity contribution is 5.86. The molecule has 37 heavy (non-hydrogen) atoms. The van der Waals surface area contributed by atoms with E-state index in [9.17, 15) is 14.9 Å². The van der Waals surface area contributed by atoms with Crippen molar-refractivity contribution in [1.29, 1.82) is 5.26 Å². The van der Waals surface area contributed by atoms with E-state index in [1.165, 1.54) is 44.9 Å².